The summed E-state index contributed by atoms with van der Waals surface area (Å²) >= 11 is 6.38. The second-order valence-corrected chi connectivity index (χ2v) is 12.0. The SMILES string of the molecule is CCCNC(=O)[C@@H](CC)N(Cc1ccc(OC)cc1)C(=O)CN(c1ccc(OC)c(Cl)c1)S(=O)(=O)c1ccc(C)cc1. The summed E-state index contributed by atoms with van der Waals surface area (Å²) in [7, 11) is -1.20. The molecule has 0 aromatic heterocycles. The number of amides is 2. The molecule has 9 nitrogen and oxygen atoms in total. The minimum absolute atomic E-state index is 0.0160. The molecule has 0 fully saturated rings. The van der Waals surface area contributed by atoms with Crippen molar-refractivity contribution in [2.75, 3.05) is 31.6 Å². The molecule has 0 aliphatic heterocycles. The molecule has 3 aromatic carbocycles. The fraction of sp³-hybridized carbons (Fsp3) is 0.355. The predicted molar refractivity (Wildman–Crippen MR) is 165 cm³/mol. The zero-order valence-electron chi connectivity index (χ0n) is 24.6. The van der Waals surface area contributed by atoms with Gasteiger partial charge in [-0.2, -0.15) is 0 Å². The van der Waals surface area contributed by atoms with Gasteiger partial charge in [-0.1, -0.05) is 55.3 Å². The molecule has 226 valence electrons. The number of benzene rings is 3. The molecule has 0 bridgehead atoms. The third-order valence-electron chi connectivity index (χ3n) is 6.76. The van der Waals surface area contributed by atoms with Crippen molar-refractivity contribution in [2.45, 2.75) is 51.1 Å². The number of aryl methyl sites for hydroxylation is 1. The number of carbonyl (C=O) groups is 2. The monoisotopic (exact) mass is 615 g/mol. The smallest absolute Gasteiger partial charge is 0.264 e. The van der Waals surface area contributed by atoms with Gasteiger partial charge in [0, 0.05) is 13.1 Å². The van der Waals surface area contributed by atoms with Gasteiger partial charge in [0.15, 0.2) is 0 Å². The van der Waals surface area contributed by atoms with Gasteiger partial charge in [-0.3, -0.25) is 13.9 Å². The van der Waals surface area contributed by atoms with Crippen LogP contribution in [0.5, 0.6) is 11.5 Å². The Bertz CT molecular complexity index is 1460. The third kappa shape index (κ3) is 7.95. The Hall–Kier alpha value is -3.76. The molecule has 1 N–H and O–H groups in total. The number of nitrogens with one attached hydrogen (secondary N) is 1. The van der Waals surface area contributed by atoms with E-state index in [2.05, 4.69) is 5.32 Å². The highest BCUT2D eigenvalue weighted by atomic mass is 35.5. The molecule has 0 saturated carbocycles. The lowest BCUT2D eigenvalue weighted by molar-refractivity contribution is -0.140. The molecule has 0 aliphatic carbocycles. The van der Waals surface area contributed by atoms with Crippen LogP contribution >= 0.6 is 11.6 Å². The summed E-state index contributed by atoms with van der Waals surface area (Å²) in [6.07, 6.45) is 1.06. The van der Waals surface area contributed by atoms with E-state index in [1.54, 1.807) is 49.6 Å². The molecule has 3 aromatic rings. The van der Waals surface area contributed by atoms with Crippen LogP contribution in [0.15, 0.2) is 71.6 Å². The largest absolute Gasteiger partial charge is 0.497 e. The van der Waals surface area contributed by atoms with Crippen LogP contribution in [0.25, 0.3) is 0 Å². The number of sulfonamides is 1. The van der Waals surface area contributed by atoms with Crippen LogP contribution in [-0.4, -0.2) is 58.5 Å². The van der Waals surface area contributed by atoms with Gasteiger partial charge in [-0.15, -0.1) is 0 Å². The number of nitrogens with zero attached hydrogens (tertiary/aromatic N) is 2. The van der Waals surface area contributed by atoms with Crippen molar-refractivity contribution in [1.82, 2.24) is 10.2 Å². The summed E-state index contributed by atoms with van der Waals surface area (Å²) in [6, 6.07) is 17.2. The van der Waals surface area contributed by atoms with Gasteiger partial charge >= 0.3 is 0 Å². The number of rotatable bonds is 14. The van der Waals surface area contributed by atoms with Crippen molar-refractivity contribution in [1.29, 1.82) is 0 Å². The summed E-state index contributed by atoms with van der Waals surface area (Å²) in [4.78, 5) is 28.8. The third-order valence-corrected chi connectivity index (χ3v) is 8.84. The van der Waals surface area contributed by atoms with E-state index in [-0.39, 0.29) is 28.1 Å². The Kier molecular flexibility index (Phi) is 11.6. The summed E-state index contributed by atoms with van der Waals surface area (Å²) < 4.78 is 39.5. The summed E-state index contributed by atoms with van der Waals surface area (Å²) in [6.45, 7) is 5.59. The Balaban J connectivity index is 2.08. The van der Waals surface area contributed by atoms with Crippen molar-refractivity contribution in [2.24, 2.45) is 0 Å². The average molecular weight is 616 g/mol. The van der Waals surface area contributed by atoms with E-state index in [1.807, 2.05) is 20.8 Å². The van der Waals surface area contributed by atoms with Crippen LogP contribution in [0.1, 0.15) is 37.8 Å². The molecule has 11 heteroatoms. The molecule has 1 atom stereocenters. The summed E-state index contributed by atoms with van der Waals surface area (Å²) in [5, 5.41) is 3.06. The standard InChI is InChI=1S/C31H38ClN3O6S/c1-6-18-33-31(37)28(7-2)34(20-23-10-13-25(40-4)14-11-23)30(36)21-35(24-12-17-29(41-5)27(32)19-24)42(38,39)26-15-8-22(3)9-16-26/h8-17,19,28H,6-7,18,20-21H2,1-5H3,(H,33,37)/t28-/m1/s1. The first-order valence-electron chi connectivity index (χ1n) is 13.7. The first-order valence-corrected chi connectivity index (χ1v) is 15.5. The van der Waals surface area contributed by atoms with Crippen molar-refractivity contribution >= 4 is 39.1 Å². The second kappa shape index (κ2) is 14.9. The maximum absolute atomic E-state index is 14.1. The fourth-order valence-corrected chi connectivity index (χ4v) is 6.05. The second-order valence-electron chi connectivity index (χ2n) is 9.73. The molecule has 0 saturated heterocycles. The minimum Gasteiger partial charge on any atom is -0.497 e. The van der Waals surface area contributed by atoms with E-state index in [9.17, 15) is 18.0 Å². The van der Waals surface area contributed by atoms with E-state index in [0.717, 1.165) is 21.9 Å². The van der Waals surface area contributed by atoms with Crippen molar-refractivity contribution in [3.05, 3.63) is 82.9 Å². The number of methoxy groups -OCH3 is 2. The molecule has 2 amide bonds. The highest BCUT2D eigenvalue weighted by Gasteiger charge is 2.34. The topological polar surface area (TPSA) is 105 Å². The van der Waals surface area contributed by atoms with E-state index in [4.69, 9.17) is 21.1 Å². The van der Waals surface area contributed by atoms with Crippen LogP contribution in [0, 0.1) is 6.92 Å². The number of ether oxygens (including phenoxy) is 2. The fourth-order valence-electron chi connectivity index (χ4n) is 4.39. The van der Waals surface area contributed by atoms with Crippen molar-refractivity contribution in [3.8, 4) is 11.5 Å². The number of anilines is 1. The van der Waals surface area contributed by atoms with E-state index in [0.29, 0.717) is 24.5 Å². The van der Waals surface area contributed by atoms with Gasteiger partial charge in [-0.25, -0.2) is 8.42 Å². The molecule has 0 aliphatic rings. The lowest BCUT2D eigenvalue weighted by Crippen LogP contribution is -2.52. The van der Waals surface area contributed by atoms with Crippen LogP contribution < -0.4 is 19.1 Å². The number of hydrogen-bond acceptors (Lipinski definition) is 6. The van der Waals surface area contributed by atoms with Gasteiger partial charge in [0.05, 0.1) is 29.8 Å². The quantitative estimate of drug-likeness (QED) is 0.267. The molecular formula is C31H38ClN3O6S. The number of halogens is 1. The van der Waals surface area contributed by atoms with E-state index >= 15 is 0 Å². The normalized spacial score (nSPS) is 11.9. The zero-order chi connectivity index (χ0) is 30.9. The first kappa shape index (κ1) is 32.8. The lowest BCUT2D eigenvalue weighted by atomic mass is 10.1. The zero-order valence-corrected chi connectivity index (χ0v) is 26.2. The van der Waals surface area contributed by atoms with E-state index < -0.39 is 28.5 Å². The lowest BCUT2D eigenvalue weighted by Gasteiger charge is -2.33. The molecule has 42 heavy (non-hydrogen) atoms. The van der Waals surface area contributed by atoms with Gasteiger partial charge in [0.1, 0.15) is 24.1 Å². The first-order chi connectivity index (χ1) is 20.0. The van der Waals surface area contributed by atoms with Gasteiger partial charge in [0.25, 0.3) is 10.0 Å². The predicted octanol–water partition coefficient (Wildman–Crippen LogP) is 5.19. The Labute approximate surface area is 253 Å². The van der Waals surface area contributed by atoms with Crippen LogP contribution in [-0.2, 0) is 26.2 Å². The van der Waals surface area contributed by atoms with Gasteiger partial charge in [0.2, 0.25) is 11.8 Å². The highest BCUT2D eigenvalue weighted by molar-refractivity contribution is 7.92. The maximum Gasteiger partial charge on any atom is 0.264 e. The molecule has 0 spiro atoms. The molecular weight excluding hydrogens is 578 g/mol. The number of hydrogen-bond donors (Lipinski definition) is 1. The molecule has 0 radical (unpaired) electrons. The van der Waals surface area contributed by atoms with Crippen LogP contribution in [0.4, 0.5) is 5.69 Å². The minimum atomic E-state index is -4.22. The van der Waals surface area contributed by atoms with Crippen molar-refractivity contribution in [3.63, 3.8) is 0 Å². The van der Waals surface area contributed by atoms with Gasteiger partial charge < -0.3 is 19.7 Å². The van der Waals surface area contributed by atoms with Gasteiger partial charge in [-0.05, 0) is 67.8 Å². The van der Waals surface area contributed by atoms with Crippen LogP contribution in [0.2, 0.25) is 5.02 Å². The number of carbonyl (C=O) groups excluding carboxylic acids is 2. The Morgan fingerprint density at radius 3 is 2.17 bits per heavy atom. The summed E-state index contributed by atoms with van der Waals surface area (Å²) in [5.41, 5.74) is 1.83. The molecule has 3 rings (SSSR count). The van der Waals surface area contributed by atoms with E-state index in [1.165, 1.54) is 36.3 Å². The average Bonchev–Trinajstić information content (AvgIpc) is 2.99. The maximum atomic E-state index is 14.1. The molecule has 0 unspecified atom stereocenters. The van der Waals surface area contributed by atoms with Crippen LogP contribution in [0.3, 0.4) is 0 Å². The highest BCUT2D eigenvalue weighted by Crippen LogP contribution is 2.32. The summed E-state index contributed by atoms with van der Waals surface area (Å²) in [5.74, 6) is 0.156. The Morgan fingerprint density at radius 2 is 1.62 bits per heavy atom. The Morgan fingerprint density at radius 1 is 0.952 bits per heavy atom. The molecule has 0 heterocycles. The van der Waals surface area contributed by atoms with Crippen molar-refractivity contribution < 1.29 is 27.5 Å².